The Morgan fingerprint density at radius 1 is 1.09 bits per heavy atom. The summed E-state index contributed by atoms with van der Waals surface area (Å²) < 4.78 is 0.0981. The Morgan fingerprint density at radius 3 is 2.61 bits per heavy atom. The van der Waals surface area contributed by atoms with E-state index in [2.05, 4.69) is 17.1 Å². The Hall–Kier alpha value is -1.99. The first-order valence-corrected chi connectivity index (χ1v) is 13.2. The van der Waals surface area contributed by atoms with Crippen molar-refractivity contribution in [2.45, 2.75) is 36.9 Å². The third-order valence-corrected chi connectivity index (χ3v) is 7.95. The van der Waals surface area contributed by atoms with E-state index in [4.69, 9.17) is 16.7 Å². The highest BCUT2D eigenvalue weighted by molar-refractivity contribution is 8.16. The highest BCUT2D eigenvalue weighted by Gasteiger charge is 2.17. The van der Waals surface area contributed by atoms with Crippen LogP contribution in [0.1, 0.15) is 48.1 Å². The van der Waals surface area contributed by atoms with E-state index >= 15 is 0 Å². The summed E-state index contributed by atoms with van der Waals surface area (Å²) in [7, 11) is 0. The fourth-order valence-corrected chi connectivity index (χ4v) is 6.24. The van der Waals surface area contributed by atoms with Crippen LogP contribution in [-0.4, -0.2) is 38.3 Å². The molecule has 1 heterocycles. The second-order valence-electron chi connectivity index (χ2n) is 8.36. The van der Waals surface area contributed by atoms with Crippen LogP contribution in [0.15, 0.2) is 54.6 Å². The zero-order valence-electron chi connectivity index (χ0n) is 18.7. The van der Waals surface area contributed by atoms with Crippen molar-refractivity contribution in [1.29, 1.82) is 0 Å². The first-order chi connectivity index (χ1) is 15.7. The molecule has 3 aromatic rings. The second kappa shape index (κ2) is 11.9. The molecule has 0 unspecified atom stereocenters. The lowest BCUT2D eigenvalue weighted by Gasteiger charge is -2.20. The Balaban J connectivity index is 1.75. The SMILES string of the molecule is CC(C)(O)CCS[C@@H](SCCC(=O)O)c1cccc(C=Cc2ccc3ccc(Cl)cc3n2)c1. The van der Waals surface area contributed by atoms with Crippen LogP contribution in [0.4, 0.5) is 0 Å². The summed E-state index contributed by atoms with van der Waals surface area (Å²) in [5, 5.41) is 20.7. The van der Waals surface area contributed by atoms with Crippen LogP contribution in [0.2, 0.25) is 5.02 Å². The molecule has 1 aromatic heterocycles. The molecular formula is C26H28ClNO3S2. The number of hydrogen-bond donors (Lipinski definition) is 2. The van der Waals surface area contributed by atoms with Crippen molar-refractivity contribution < 1.29 is 15.0 Å². The van der Waals surface area contributed by atoms with E-state index in [1.165, 1.54) is 0 Å². The van der Waals surface area contributed by atoms with Crippen LogP contribution in [0, 0.1) is 0 Å². The fraction of sp³-hybridized carbons (Fsp3) is 0.308. The van der Waals surface area contributed by atoms with Gasteiger partial charge in [0.15, 0.2) is 0 Å². The number of fused-ring (bicyclic) bond motifs is 1. The minimum atomic E-state index is -0.788. The Labute approximate surface area is 208 Å². The van der Waals surface area contributed by atoms with Crippen molar-refractivity contribution in [1.82, 2.24) is 4.98 Å². The van der Waals surface area contributed by atoms with E-state index in [1.807, 2.05) is 54.6 Å². The number of rotatable bonds is 11. The maximum atomic E-state index is 11.0. The second-order valence-corrected chi connectivity index (χ2v) is 11.5. The zero-order chi connectivity index (χ0) is 23.8. The minimum Gasteiger partial charge on any atom is -0.481 e. The first-order valence-electron chi connectivity index (χ1n) is 10.7. The predicted molar refractivity (Wildman–Crippen MR) is 143 cm³/mol. The molecule has 0 radical (unpaired) electrons. The lowest BCUT2D eigenvalue weighted by molar-refractivity contribution is -0.136. The fourth-order valence-electron chi connectivity index (χ4n) is 3.10. The molecule has 0 saturated carbocycles. The molecule has 1 atom stereocenters. The van der Waals surface area contributed by atoms with Gasteiger partial charge in [-0.05, 0) is 67.5 Å². The monoisotopic (exact) mass is 501 g/mol. The number of thioether (sulfide) groups is 2. The molecule has 4 nitrogen and oxygen atoms in total. The number of aromatic nitrogens is 1. The molecule has 174 valence electrons. The van der Waals surface area contributed by atoms with Crippen LogP contribution >= 0.6 is 35.1 Å². The van der Waals surface area contributed by atoms with Crippen LogP contribution in [0.5, 0.6) is 0 Å². The minimum absolute atomic E-state index is 0.0981. The molecule has 0 saturated heterocycles. The molecule has 0 amide bonds. The topological polar surface area (TPSA) is 70.4 Å². The third kappa shape index (κ3) is 8.70. The van der Waals surface area contributed by atoms with Gasteiger partial charge in [-0.1, -0.05) is 48.0 Å². The first kappa shape index (κ1) is 25.6. The molecule has 0 bridgehead atoms. The number of nitrogens with zero attached hydrogens (tertiary/aromatic N) is 1. The van der Waals surface area contributed by atoms with E-state index in [0.29, 0.717) is 17.2 Å². The van der Waals surface area contributed by atoms with Crippen LogP contribution in [-0.2, 0) is 4.79 Å². The van der Waals surface area contributed by atoms with Crippen LogP contribution < -0.4 is 0 Å². The van der Waals surface area contributed by atoms with Gasteiger partial charge < -0.3 is 10.2 Å². The number of carboxylic acids is 1. The van der Waals surface area contributed by atoms with Crippen LogP contribution in [0.25, 0.3) is 23.1 Å². The van der Waals surface area contributed by atoms with Crippen molar-refractivity contribution >= 4 is 64.1 Å². The van der Waals surface area contributed by atoms with Crippen molar-refractivity contribution in [3.63, 3.8) is 0 Å². The summed E-state index contributed by atoms with van der Waals surface area (Å²) in [5.41, 5.74) is 3.17. The van der Waals surface area contributed by atoms with Gasteiger partial charge in [0.05, 0.1) is 27.8 Å². The lowest BCUT2D eigenvalue weighted by Crippen LogP contribution is -2.19. The van der Waals surface area contributed by atoms with Gasteiger partial charge >= 0.3 is 5.97 Å². The number of carboxylic acid groups (broad SMARTS) is 1. The molecule has 0 spiro atoms. The van der Waals surface area contributed by atoms with Gasteiger partial charge in [-0.25, -0.2) is 4.98 Å². The van der Waals surface area contributed by atoms with Gasteiger partial charge in [0.2, 0.25) is 0 Å². The Bertz CT molecular complexity index is 1130. The van der Waals surface area contributed by atoms with Crippen molar-refractivity contribution in [2.24, 2.45) is 0 Å². The standard InChI is InChI=1S/C26H28ClNO3S2/c1-26(2,31)13-15-33-25(32-14-12-24(29)30)20-5-3-4-18(16-20)6-10-22-11-8-19-7-9-21(27)17-23(19)28-22/h3-11,16-17,25,31H,12-15H2,1-2H3,(H,29,30)/t25-/m1/s1. The predicted octanol–water partition coefficient (Wildman–Crippen LogP) is 7.16. The number of pyridine rings is 1. The summed E-state index contributed by atoms with van der Waals surface area (Å²) in [5.74, 6) is 0.542. The largest absolute Gasteiger partial charge is 0.481 e. The highest BCUT2D eigenvalue weighted by Crippen LogP contribution is 2.41. The number of benzene rings is 2. The number of aliphatic carboxylic acids is 1. The quantitative estimate of drug-likeness (QED) is 0.271. The van der Waals surface area contributed by atoms with E-state index in [1.54, 1.807) is 37.4 Å². The summed E-state index contributed by atoms with van der Waals surface area (Å²) >= 11 is 9.47. The van der Waals surface area contributed by atoms with Gasteiger partial charge in [0.1, 0.15) is 0 Å². The van der Waals surface area contributed by atoms with E-state index in [9.17, 15) is 9.90 Å². The average molecular weight is 502 g/mol. The number of hydrogen-bond acceptors (Lipinski definition) is 5. The summed E-state index contributed by atoms with van der Waals surface area (Å²) in [4.78, 5) is 15.6. The molecule has 33 heavy (non-hydrogen) atoms. The molecule has 2 aromatic carbocycles. The van der Waals surface area contributed by atoms with Crippen LogP contribution in [0.3, 0.4) is 0 Å². The number of aliphatic hydroxyl groups is 1. The Morgan fingerprint density at radius 2 is 1.85 bits per heavy atom. The third-order valence-electron chi connectivity index (χ3n) is 4.87. The molecule has 0 aliphatic rings. The van der Waals surface area contributed by atoms with Gasteiger partial charge in [-0.2, -0.15) is 0 Å². The Kier molecular flexibility index (Phi) is 9.27. The highest BCUT2D eigenvalue weighted by atomic mass is 35.5. The van der Waals surface area contributed by atoms with E-state index < -0.39 is 11.6 Å². The molecule has 3 rings (SSSR count). The molecule has 2 N–H and O–H groups in total. The molecule has 0 aliphatic carbocycles. The maximum absolute atomic E-state index is 11.0. The molecule has 0 aliphatic heterocycles. The maximum Gasteiger partial charge on any atom is 0.304 e. The van der Waals surface area contributed by atoms with Gasteiger partial charge in [-0.3, -0.25) is 4.79 Å². The van der Waals surface area contributed by atoms with E-state index in [0.717, 1.165) is 33.5 Å². The van der Waals surface area contributed by atoms with Crippen molar-refractivity contribution in [3.05, 3.63) is 76.4 Å². The van der Waals surface area contributed by atoms with Gasteiger partial charge in [0.25, 0.3) is 0 Å². The van der Waals surface area contributed by atoms with E-state index in [-0.39, 0.29) is 11.0 Å². The van der Waals surface area contributed by atoms with Gasteiger partial charge in [0, 0.05) is 16.2 Å². The summed E-state index contributed by atoms with van der Waals surface area (Å²) in [6, 6.07) is 17.9. The summed E-state index contributed by atoms with van der Waals surface area (Å²) in [6.07, 6.45) is 4.81. The molecule has 7 heteroatoms. The molecule has 0 fully saturated rings. The number of halogens is 1. The molecular weight excluding hydrogens is 474 g/mol. The summed E-state index contributed by atoms with van der Waals surface area (Å²) in [6.45, 7) is 3.61. The smallest absolute Gasteiger partial charge is 0.304 e. The number of carbonyl (C=O) groups is 1. The van der Waals surface area contributed by atoms with Crippen molar-refractivity contribution in [3.8, 4) is 0 Å². The van der Waals surface area contributed by atoms with Crippen molar-refractivity contribution in [2.75, 3.05) is 11.5 Å². The lowest BCUT2D eigenvalue weighted by atomic mass is 10.1. The van der Waals surface area contributed by atoms with Gasteiger partial charge in [-0.15, -0.1) is 23.5 Å². The zero-order valence-corrected chi connectivity index (χ0v) is 21.1. The average Bonchev–Trinajstić information content (AvgIpc) is 2.75. The normalized spacial score (nSPS) is 13.0.